The topological polar surface area (TPSA) is 88.3 Å². The van der Waals surface area contributed by atoms with Crippen molar-refractivity contribution < 1.29 is 17.9 Å². The van der Waals surface area contributed by atoms with Crippen LogP contribution in [-0.2, 0) is 10.0 Å². The first kappa shape index (κ1) is 25.6. The van der Waals surface area contributed by atoms with Crippen LogP contribution in [0, 0.1) is 19.7 Å². The molecule has 2 atom stereocenters. The molecular formula is C27H27FN4O3S2. The van der Waals surface area contributed by atoms with Gasteiger partial charge < -0.3 is 5.11 Å². The van der Waals surface area contributed by atoms with Crippen molar-refractivity contribution in [1.82, 2.24) is 19.1 Å². The summed E-state index contributed by atoms with van der Waals surface area (Å²) in [7, 11) is -3.95. The number of benzene rings is 3. The molecule has 2 unspecified atom stereocenters. The van der Waals surface area contributed by atoms with E-state index in [2.05, 4.69) is 5.10 Å². The first-order chi connectivity index (χ1) is 17.7. The fourth-order valence-electron chi connectivity index (χ4n) is 4.52. The summed E-state index contributed by atoms with van der Waals surface area (Å²) in [6.07, 6.45) is 1.25. The van der Waals surface area contributed by atoms with Gasteiger partial charge in [0.2, 0.25) is 10.0 Å². The van der Waals surface area contributed by atoms with Crippen molar-refractivity contribution in [2.75, 3.05) is 12.8 Å². The number of aryl methyl sites for hydroxylation is 2. The molecule has 192 valence electrons. The van der Waals surface area contributed by atoms with Crippen molar-refractivity contribution in [3.05, 3.63) is 89.5 Å². The summed E-state index contributed by atoms with van der Waals surface area (Å²) < 4.78 is 44.5. The van der Waals surface area contributed by atoms with Crippen molar-refractivity contribution >= 4 is 21.8 Å². The summed E-state index contributed by atoms with van der Waals surface area (Å²) in [6.45, 7) is 3.73. The third-order valence-corrected chi connectivity index (χ3v) is 9.23. The van der Waals surface area contributed by atoms with Crippen LogP contribution in [0.3, 0.4) is 0 Å². The Morgan fingerprint density at radius 2 is 1.81 bits per heavy atom. The van der Waals surface area contributed by atoms with Crippen LogP contribution in [-0.4, -0.2) is 51.5 Å². The number of aliphatic hydroxyl groups excluding tert-OH is 1. The van der Waals surface area contributed by atoms with Crippen LogP contribution in [0.2, 0.25) is 0 Å². The summed E-state index contributed by atoms with van der Waals surface area (Å²) >= 11 is 1.57. The number of sulfonamides is 1. The van der Waals surface area contributed by atoms with Gasteiger partial charge in [-0.3, -0.25) is 0 Å². The van der Waals surface area contributed by atoms with Gasteiger partial charge in [0, 0.05) is 17.0 Å². The molecule has 1 N–H and O–H groups in total. The molecule has 2 heterocycles. The van der Waals surface area contributed by atoms with Crippen LogP contribution in [0.1, 0.15) is 29.4 Å². The molecule has 1 aromatic heterocycles. The van der Waals surface area contributed by atoms with Crippen molar-refractivity contribution in [2.45, 2.75) is 42.2 Å². The first-order valence-corrected chi connectivity index (χ1v) is 14.5. The number of aromatic nitrogens is 3. The van der Waals surface area contributed by atoms with Gasteiger partial charge in [0.1, 0.15) is 5.82 Å². The average molecular weight is 539 g/mol. The van der Waals surface area contributed by atoms with Crippen LogP contribution >= 0.6 is 11.8 Å². The Balaban J connectivity index is 1.66. The van der Waals surface area contributed by atoms with Crippen molar-refractivity contribution in [1.29, 1.82) is 0 Å². The minimum atomic E-state index is -3.95. The van der Waals surface area contributed by atoms with E-state index >= 15 is 0 Å². The summed E-state index contributed by atoms with van der Waals surface area (Å²) in [6, 6.07) is 17.9. The van der Waals surface area contributed by atoms with Gasteiger partial charge in [-0.25, -0.2) is 22.5 Å². The van der Waals surface area contributed by atoms with E-state index in [-0.39, 0.29) is 23.7 Å². The highest BCUT2D eigenvalue weighted by molar-refractivity contribution is 7.98. The predicted molar refractivity (Wildman–Crippen MR) is 142 cm³/mol. The molecular weight excluding hydrogens is 511 g/mol. The maximum absolute atomic E-state index is 14.0. The van der Waals surface area contributed by atoms with Crippen molar-refractivity contribution in [2.24, 2.45) is 0 Å². The lowest BCUT2D eigenvalue weighted by molar-refractivity contribution is 0.188. The second-order valence-electron chi connectivity index (χ2n) is 9.14. The highest BCUT2D eigenvalue weighted by Crippen LogP contribution is 2.38. The molecule has 10 heteroatoms. The SMILES string of the molecule is CSc1cccc(-n2nc(-c3cccc(F)c3)nc2C2CC(O)CN2S(=O)(=O)c2ccc(C)c(C)c2)c1. The van der Waals surface area contributed by atoms with Crippen LogP contribution in [0.5, 0.6) is 0 Å². The average Bonchev–Trinajstić information content (AvgIpc) is 3.50. The normalized spacial score (nSPS) is 18.4. The minimum Gasteiger partial charge on any atom is -0.392 e. The smallest absolute Gasteiger partial charge is 0.243 e. The van der Waals surface area contributed by atoms with E-state index in [9.17, 15) is 17.9 Å². The molecule has 5 rings (SSSR count). The summed E-state index contributed by atoms with van der Waals surface area (Å²) in [4.78, 5) is 5.88. The minimum absolute atomic E-state index is 0.0626. The lowest BCUT2D eigenvalue weighted by Crippen LogP contribution is -2.33. The second-order valence-corrected chi connectivity index (χ2v) is 11.9. The van der Waals surface area contributed by atoms with Gasteiger partial charge >= 0.3 is 0 Å². The molecule has 1 aliphatic heterocycles. The number of nitrogens with zero attached hydrogens (tertiary/aromatic N) is 4. The molecule has 3 aromatic carbocycles. The molecule has 1 aliphatic rings. The predicted octanol–water partition coefficient (Wildman–Crippen LogP) is 4.91. The molecule has 0 aliphatic carbocycles. The van der Waals surface area contributed by atoms with Crippen molar-refractivity contribution in [3.63, 3.8) is 0 Å². The van der Waals surface area contributed by atoms with Gasteiger partial charge in [0.25, 0.3) is 0 Å². The Kier molecular flexibility index (Phi) is 6.93. The number of hydrogen-bond donors (Lipinski definition) is 1. The molecule has 0 bridgehead atoms. The second kappa shape index (κ2) is 10.0. The summed E-state index contributed by atoms with van der Waals surface area (Å²) in [5.74, 6) is 0.213. The van der Waals surface area contributed by atoms with Gasteiger partial charge in [-0.05, 0) is 80.1 Å². The molecule has 7 nitrogen and oxygen atoms in total. The Hall–Kier alpha value is -3.05. The van der Waals surface area contributed by atoms with Gasteiger partial charge in [0.15, 0.2) is 11.6 Å². The molecule has 0 amide bonds. The van der Waals surface area contributed by atoms with E-state index in [1.807, 2.05) is 44.4 Å². The van der Waals surface area contributed by atoms with Crippen LogP contribution < -0.4 is 0 Å². The fourth-order valence-corrected chi connectivity index (χ4v) is 6.69. The quantitative estimate of drug-likeness (QED) is 0.351. The Bertz CT molecular complexity index is 1570. The van der Waals surface area contributed by atoms with E-state index in [4.69, 9.17) is 4.98 Å². The van der Waals surface area contributed by atoms with E-state index in [1.54, 1.807) is 46.8 Å². The van der Waals surface area contributed by atoms with Gasteiger partial charge in [-0.2, -0.15) is 4.31 Å². The van der Waals surface area contributed by atoms with E-state index < -0.39 is 28.0 Å². The van der Waals surface area contributed by atoms with E-state index in [0.717, 1.165) is 16.0 Å². The first-order valence-electron chi connectivity index (χ1n) is 11.8. The number of β-amino-alcohol motifs (C(OH)–C–C–N with tert-alkyl or cyclic N) is 1. The zero-order valence-corrected chi connectivity index (χ0v) is 22.3. The van der Waals surface area contributed by atoms with Gasteiger partial charge in [0.05, 0.1) is 22.7 Å². The molecule has 0 saturated carbocycles. The largest absolute Gasteiger partial charge is 0.392 e. The van der Waals surface area contributed by atoms with Crippen LogP contribution in [0.25, 0.3) is 17.1 Å². The van der Waals surface area contributed by atoms with Gasteiger partial charge in [-0.1, -0.05) is 24.3 Å². The van der Waals surface area contributed by atoms with E-state index in [1.165, 1.54) is 16.4 Å². The zero-order valence-electron chi connectivity index (χ0n) is 20.7. The molecule has 4 aromatic rings. The third-order valence-electron chi connectivity index (χ3n) is 6.63. The maximum atomic E-state index is 14.0. The van der Waals surface area contributed by atoms with Crippen molar-refractivity contribution in [3.8, 4) is 17.1 Å². The number of rotatable bonds is 6. The standard InChI is InChI=1S/C27H27FN4O3S2/c1-17-10-11-24(12-18(17)2)37(34,35)31-16-22(33)15-25(31)27-29-26(19-6-4-7-20(28)13-19)30-32(27)21-8-5-9-23(14-21)36-3/h4-14,22,25,33H,15-16H2,1-3H3. The molecule has 1 saturated heterocycles. The molecule has 0 spiro atoms. The van der Waals surface area contributed by atoms with E-state index in [0.29, 0.717) is 17.1 Å². The monoisotopic (exact) mass is 538 g/mol. The maximum Gasteiger partial charge on any atom is 0.243 e. The molecule has 37 heavy (non-hydrogen) atoms. The highest BCUT2D eigenvalue weighted by Gasteiger charge is 2.43. The third kappa shape index (κ3) is 4.94. The Morgan fingerprint density at radius 3 is 2.54 bits per heavy atom. The summed E-state index contributed by atoms with van der Waals surface area (Å²) in [5, 5.41) is 15.3. The zero-order chi connectivity index (χ0) is 26.3. The number of aliphatic hydroxyl groups is 1. The Morgan fingerprint density at radius 1 is 1.03 bits per heavy atom. The van der Waals surface area contributed by atoms with Gasteiger partial charge in [-0.15, -0.1) is 16.9 Å². The summed E-state index contributed by atoms with van der Waals surface area (Å²) in [5.41, 5.74) is 3.03. The Labute approximate surface area is 220 Å². The highest BCUT2D eigenvalue weighted by atomic mass is 32.2. The molecule has 1 fully saturated rings. The lowest BCUT2D eigenvalue weighted by Gasteiger charge is -2.24. The van der Waals surface area contributed by atoms with Crippen LogP contribution in [0.4, 0.5) is 4.39 Å². The van der Waals surface area contributed by atoms with Crippen LogP contribution in [0.15, 0.2) is 76.5 Å². The number of halogens is 1. The lowest BCUT2D eigenvalue weighted by atomic mass is 10.1. The molecule has 0 radical (unpaired) electrons. The number of thioether (sulfide) groups is 1. The fraction of sp³-hybridized carbons (Fsp3) is 0.259. The number of hydrogen-bond acceptors (Lipinski definition) is 6.